The van der Waals surface area contributed by atoms with Gasteiger partial charge >= 0.3 is 0 Å². The molecule has 1 unspecified atom stereocenters. The summed E-state index contributed by atoms with van der Waals surface area (Å²) in [4.78, 5) is 10.5. The molecule has 1 aliphatic carbocycles. The lowest BCUT2D eigenvalue weighted by atomic mass is 9.83. The number of nitrogens with one attached hydrogen (secondary N) is 1. The molecule has 1 aromatic carbocycles. The quantitative estimate of drug-likeness (QED) is 0.651. The number of nitrogens with zero attached hydrogens (tertiary/aromatic N) is 1. The SMILES string of the molecule is CC1CCC(CNC(C)c2cccc([N+](=O)[O-])c2)CC1. The molecule has 0 aromatic heterocycles. The molecule has 20 heavy (non-hydrogen) atoms. The summed E-state index contributed by atoms with van der Waals surface area (Å²) in [7, 11) is 0. The molecule has 1 aromatic rings. The third-order valence-electron chi connectivity index (χ3n) is 4.43. The molecule has 0 amide bonds. The molecular weight excluding hydrogens is 252 g/mol. The summed E-state index contributed by atoms with van der Waals surface area (Å²) in [6.07, 6.45) is 5.26. The summed E-state index contributed by atoms with van der Waals surface area (Å²) >= 11 is 0. The monoisotopic (exact) mass is 276 g/mol. The summed E-state index contributed by atoms with van der Waals surface area (Å²) in [6, 6.07) is 7.08. The van der Waals surface area contributed by atoms with Gasteiger partial charge in [-0.15, -0.1) is 0 Å². The first-order valence-electron chi connectivity index (χ1n) is 7.54. The fourth-order valence-electron chi connectivity index (χ4n) is 2.90. The predicted molar refractivity (Wildman–Crippen MR) is 80.6 cm³/mol. The summed E-state index contributed by atoms with van der Waals surface area (Å²) in [6.45, 7) is 5.41. The van der Waals surface area contributed by atoms with Gasteiger partial charge < -0.3 is 5.32 Å². The number of benzene rings is 1. The standard InChI is InChI=1S/C16H24N2O2/c1-12-6-8-14(9-7-12)11-17-13(2)15-4-3-5-16(10-15)18(19)20/h3-5,10,12-14,17H,6-9,11H2,1-2H3. The van der Waals surface area contributed by atoms with Gasteiger partial charge in [0.25, 0.3) is 5.69 Å². The Balaban J connectivity index is 1.86. The van der Waals surface area contributed by atoms with Crippen molar-refractivity contribution in [3.63, 3.8) is 0 Å². The molecule has 0 radical (unpaired) electrons. The van der Waals surface area contributed by atoms with Crippen LogP contribution in [0.2, 0.25) is 0 Å². The Hall–Kier alpha value is -1.42. The molecule has 1 N–H and O–H groups in total. The minimum atomic E-state index is -0.335. The summed E-state index contributed by atoms with van der Waals surface area (Å²) in [5, 5.41) is 14.3. The molecule has 0 bridgehead atoms. The van der Waals surface area contributed by atoms with Crippen LogP contribution in [0.25, 0.3) is 0 Å². The van der Waals surface area contributed by atoms with Crippen LogP contribution < -0.4 is 5.32 Å². The molecule has 2 rings (SSSR count). The Morgan fingerprint density at radius 3 is 2.70 bits per heavy atom. The summed E-state index contributed by atoms with van der Waals surface area (Å²) in [5.74, 6) is 1.63. The van der Waals surface area contributed by atoms with E-state index in [1.54, 1.807) is 18.2 Å². The maximum atomic E-state index is 10.8. The first-order chi connectivity index (χ1) is 9.56. The van der Waals surface area contributed by atoms with E-state index in [0.29, 0.717) is 0 Å². The van der Waals surface area contributed by atoms with Crippen LogP contribution in [-0.2, 0) is 0 Å². The number of nitro benzene ring substituents is 1. The molecule has 0 saturated heterocycles. The van der Waals surface area contributed by atoms with Crippen LogP contribution in [-0.4, -0.2) is 11.5 Å². The molecule has 1 fully saturated rings. The van der Waals surface area contributed by atoms with Crippen LogP contribution in [0.1, 0.15) is 51.1 Å². The fraction of sp³-hybridized carbons (Fsp3) is 0.625. The lowest BCUT2D eigenvalue weighted by Gasteiger charge is -2.27. The van der Waals surface area contributed by atoms with E-state index < -0.39 is 0 Å². The van der Waals surface area contributed by atoms with Crippen molar-refractivity contribution in [3.05, 3.63) is 39.9 Å². The predicted octanol–water partition coefficient (Wildman–Crippen LogP) is 4.07. The van der Waals surface area contributed by atoms with Crippen molar-refractivity contribution < 1.29 is 4.92 Å². The largest absolute Gasteiger partial charge is 0.310 e. The first kappa shape index (κ1) is 15.0. The van der Waals surface area contributed by atoms with E-state index in [1.807, 2.05) is 6.07 Å². The first-order valence-corrected chi connectivity index (χ1v) is 7.54. The third kappa shape index (κ3) is 4.04. The Bertz CT molecular complexity index is 454. The molecule has 0 aliphatic heterocycles. The molecule has 110 valence electrons. The molecule has 1 aliphatic rings. The van der Waals surface area contributed by atoms with Gasteiger partial charge in [-0.25, -0.2) is 0 Å². The molecule has 0 spiro atoms. The number of hydrogen-bond acceptors (Lipinski definition) is 3. The molecule has 0 heterocycles. The van der Waals surface area contributed by atoms with Gasteiger partial charge in [0.05, 0.1) is 4.92 Å². The van der Waals surface area contributed by atoms with Crippen LogP contribution in [0.5, 0.6) is 0 Å². The minimum absolute atomic E-state index is 0.161. The van der Waals surface area contributed by atoms with Gasteiger partial charge in [0.15, 0.2) is 0 Å². The second-order valence-electron chi connectivity index (χ2n) is 6.11. The lowest BCUT2D eigenvalue weighted by molar-refractivity contribution is -0.384. The topological polar surface area (TPSA) is 55.2 Å². The Morgan fingerprint density at radius 1 is 1.35 bits per heavy atom. The highest BCUT2D eigenvalue weighted by Crippen LogP contribution is 2.28. The van der Waals surface area contributed by atoms with Crippen molar-refractivity contribution in [2.75, 3.05) is 6.54 Å². The van der Waals surface area contributed by atoms with Crippen molar-refractivity contribution >= 4 is 5.69 Å². The van der Waals surface area contributed by atoms with Crippen LogP contribution in [0.15, 0.2) is 24.3 Å². The van der Waals surface area contributed by atoms with Crippen molar-refractivity contribution in [1.82, 2.24) is 5.32 Å². The van der Waals surface area contributed by atoms with Gasteiger partial charge in [0.1, 0.15) is 0 Å². The Kier molecular flexibility index (Phi) is 5.12. The van der Waals surface area contributed by atoms with Crippen molar-refractivity contribution in [1.29, 1.82) is 0 Å². The maximum Gasteiger partial charge on any atom is 0.269 e. The van der Waals surface area contributed by atoms with E-state index in [-0.39, 0.29) is 16.7 Å². The Labute approximate surface area is 120 Å². The number of non-ortho nitro benzene ring substituents is 1. The van der Waals surface area contributed by atoms with Gasteiger partial charge in [0, 0.05) is 18.2 Å². The fourth-order valence-corrected chi connectivity index (χ4v) is 2.90. The molecular formula is C16H24N2O2. The highest BCUT2D eigenvalue weighted by Gasteiger charge is 2.19. The summed E-state index contributed by atoms with van der Waals surface area (Å²) < 4.78 is 0. The molecule has 1 saturated carbocycles. The molecule has 4 nitrogen and oxygen atoms in total. The average molecular weight is 276 g/mol. The second-order valence-corrected chi connectivity index (χ2v) is 6.11. The highest BCUT2D eigenvalue weighted by molar-refractivity contribution is 5.35. The van der Waals surface area contributed by atoms with Gasteiger partial charge in [-0.05, 0) is 43.7 Å². The smallest absolute Gasteiger partial charge is 0.269 e. The van der Waals surface area contributed by atoms with Crippen LogP contribution in [0, 0.1) is 22.0 Å². The molecule has 4 heteroatoms. The zero-order valence-electron chi connectivity index (χ0n) is 12.3. The van der Waals surface area contributed by atoms with Gasteiger partial charge in [-0.1, -0.05) is 31.9 Å². The van der Waals surface area contributed by atoms with Crippen LogP contribution >= 0.6 is 0 Å². The van der Waals surface area contributed by atoms with E-state index in [0.717, 1.165) is 23.9 Å². The second kappa shape index (κ2) is 6.84. The third-order valence-corrected chi connectivity index (χ3v) is 4.43. The van der Waals surface area contributed by atoms with E-state index in [1.165, 1.54) is 25.7 Å². The van der Waals surface area contributed by atoms with E-state index in [2.05, 4.69) is 19.2 Å². The van der Waals surface area contributed by atoms with Crippen molar-refractivity contribution in [2.45, 2.75) is 45.6 Å². The normalized spacial score (nSPS) is 24.3. The van der Waals surface area contributed by atoms with Crippen molar-refractivity contribution in [2.24, 2.45) is 11.8 Å². The zero-order valence-corrected chi connectivity index (χ0v) is 12.3. The van der Waals surface area contributed by atoms with E-state index in [4.69, 9.17) is 0 Å². The lowest BCUT2D eigenvalue weighted by Crippen LogP contribution is -2.28. The van der Waals surface area contributed by atoms with E-state index >= 15 is 0 Å². The number of nitro groups is 1. The zero-order chi connectivity index (χ0) is 14.5. The average Bonchev–Trinajstić information content (AvgIpc) is 2.46. The summed E-state index contributed by atoms with van der Waals surface area (Å²) in [5.41, 5.74) is 1.16. The number of rotatable bonds is 5. The van der Waals surface area contributed by atoms with Gasteiger partial charge in [-0.3, -0.25) is 10.1 Å². The van der Waals surface area contributed by atoms with Crippen molar-refractivity contribution in [3.8, 4) is 0 Å². The van der Waals surface area contributed by atoms with Crippen LogP contribution in [0.4, 0.5) is 5.69 Å². The number of hydrogen-bond donors (Lipinski definition) is 1. The van der Waals surface area contributed by atoms with Crippen LogP contribution in [0.3, 0.4) is 0 Å². The maximum absolute atomic E-state index is 10.8. The Morgan fingerprint density at radius 2 is 2.05 bits per heavy atom. The van der Waals surface area contributed by atoms with Gasteiger partial charge in [-0.2, -0.15) is 0 Å². The molecule has 1 atom stereocenters. The van der Waals surface area contributed by atoms with Gasteiger partial charge in [0.2, 0.25) is 0 Å². The van der Waals surface area contributed by atoms with E-state index in [9.17, 15) is 10.1 Å². The minimum Gasteiger partial charge on any atom is -0.310 e. The highest BCUT2D eigenvalue weighted by atomic mass is 16.6.